The van der Waals surface area contributed by atoms with Gasteiger partial charge in [-0.2, -0.15) is 0 Å². The first-order chi connectivity index (χ1) is 13.6. The van der Waals surface area contributed by atoms with E-state index < -0.39 is 0 Å². The van der Waals surface area contributed by atoms with Gasteiger partial charge in [-0.25, -0.2) is 0 Å². The van der Waals surface area contributed by atoms with E-state index in [0.717, 1.165) is 11.1 Å². The molecule has 2 N–H and O–H groups in total. The summed E-state index contributed by atoms with van der Waals surface area (Å²) < 4.78 is 0. The minimum atomic E-state index is -0.342. The lowest BCUT2D eigenvalue weighted by Crippen LogP contribution is -2.27. The van der Waals surface area contributed by atoms with Crippen molar-refractivity contribution in [1.82, 2.24) is 20.6 Å². The first kappa shape index (κ1) is 19.5. The van der Waals surface area contributed by atoms with Crippen molar-refractivity contribution in [2.24, 2.45) is 0 Å². The van der Waals surface area contributed by atoms with Gasteiger partial charge in [-0.05, 0) is 53.9 Å². The topological polar surface area (TPSA) is 84.0 Å². The van der Waals surface area contributed by atoms with Gasteiger partial charge in [0, 0.05) is 42.3 Å². The molecule has 2 aromatic heterocycles. The molecule has 3 aromatic rings. The molecule has 0 atom stereocenters. The summed E-state index contributed by atoms with van der Waals surface area (Å²) in [6.07, 6.45) is 5.44. The quantitative estimate of drug-likeness (QED) is 0.645. The van der Waals surface area contributed by atoms with Gasteiger partial charge < -0.3 is 10.6 Å². The van der Waals surface area contributed by atoms with E-state index >= 15 is 0 Å². The van der Waals surface area contributed by atoms with E-state index in [4.69, 9.17) is 11.6 Å². The smallest absolute Gasteiger partial charge is 0.270 e. The Balaban J connectivity index is 1.54. The third-order valence-corrected chi connectivity index (χ3v) is 4.28. The average Bonchev–Trinajstić information content (AvgIpc) is 2.73. The second kappa shape index (κ2) is 9.62. The van der Waals surface area contributed by atoms with Gasteiger partial charge in [0.15, 0.2) is 0 Å². The van der Waals surface area contributed by atoms with Gasteiger partial charge in [0.2, 0.25) is 0 Å². The lowest BCUT2D eigenvalue weighted by atomic mass is 10.1. The number of pyridine rings is 2. The van der Waals surface area contributed by atoms with Crippen molar-refractivity contribution >= 4 is 23.4 Å². The predicted molar refractivity (Wildman–Crippen MR) is 107 cm³/mol. The number of hydrogen-bond acceptors (Lipinski definition) is 4. The fraction of sp³-hybridized carbons (Fsp3) is 0.143. The number of benzene rings is 1. The van der Waals surface area contributed by atoms with E-state index in [2.05, 4.69) is 20.6 Å². The monoisotopic (exact) mass is 394 g/mol. The zero-order chi connectivity index (χ0) is 19.8. The highest BCUT2D eigenvalue weighted by Gasteiger charge is 2.11. The van der Waals surface area contributed by atoms with Crippen LogP contribution < -0.4 is 10.6 Å². The Kier molecular flexibility index (Phi) is 6.70. The van der Waals surface area contributed by atoms with Crippen LogP contribution in [0.4, 0.5) is 0 Å². The van der Waals surface area contributed by atoms with Crippen molar-refractivity contribution < 1.29 is 9.59 Å². The molecule has 0 radical (unpaired) electrons. The fourth-order valence-electron chi connectivity index (χ4n) is 2.58. The minimum Gasteiger partial charge on any atom is -0.352 e. The highest BCUT2D eigenvalue weighted by Crippen LogP contribution is 2.11. The van der Waals surface area contributed by atoms with Crippen LogP contribution in [-0.2, 0) is 13.0 Å². The molecule has 0 saturated carbocycles. The first-order valence-electron chi connectivity index (χ1n) is 8.77. The van der Waals surface area contributed by atoms with Crippen LogP contribution in [-0.4, -0.2) is 28.3 Å². The Hall–Kier alpha value is -3.25. The number of nitrogens with zero attached hydrogens (tertiary/aromatic N) is 2. The van der Waals surface area contributed by atoms with Crippen LogP contribution in [0.2, 0.25) is 5.02 Å². The second-order valence-corrected chi connectivity index (χ2v) is 6.54. The van der Waals surface area contributed by atoms with Gasteiger partial charge in [-0.15, -0.1) is 0 Å². The Morgan fingerprint density at radius 1 is 0.893 bits per heavy atom. The van der Waals surface area contributed by atoms with E-state index in [1.807, 2.05) is 36.4 Å². The average molecular weight is 395 g/mol. The zero-order valence-corrected chi connectivity index (χ0v) is 15.8. The summed E-state index contributed by atoms with van der Waals surface area (Å²) in [6, 6.07) is 14.2. The molecule has 3 rings (SSSR count). The molecule has 142 valence electrons. The highest BCUT2D eigenvalue weighted by molar-refractivity contribution is 6.30. The number of halogens is 1. The van der Waals surface area contributed by atoms with Crippen molar-refractivity contribution in [1.29, 1.82) is 0 Å². The number of amides is 2. The standard InChI is InChI=1S/C21H19ClN4O2/c22-18-3-1-2-15(12-18)6-10-25-20(27)17-7-11-24-19(13-17)21(28)26-14-16-4-8-23-9-5-16/h1-5,7-9,11-13H,6,10,14H2,(H,25,27)(H,26,28). The molecule has 1 aromatic carbocycles. The number of carbonyl (C=O) groups excluding carboxylic acids is 2. The largest absolute Gasteiger partial charge is 0.352 e. The van der Waals surface area contributed by atoms with E-state index in [1.165, 1.54) is 12.3 Å². The van der Waals surface area contributed by atoms with Gasteiger partial charge in [-0.1, -0.05) is 23.7 Å². The molecule has 0 aliphatic heterocycles. The molecular weight excluding hydrogens is 376 g/mol. The van der Waals surface area contributed by atoms with Gasteiger partial charge in [0.05, 0.1) is 0 Å². The summed E-state index contributed by atoms with van der Waals surface area (Å²) in [4.78, 5) is 32.6. The normalized spacial score (nSPS) is 10.3. The number of aromatic nitrogens is 2. The van der Waals surface area contributed by atoms with E-state index in [0.29, 0.717) is 30.1 Å². The SMILES string of the molecule is O=C(NCCc1cccc(Cl)c1)c1ccnc(C(=O)NCc2ccncc2)c1. The van der Waals surface area contributed by atoms with E-state index in [1.54, 1.807) is 18.5 Å². The molecule has 0 bridgehead atoms. The van der Waals surface area contributed by atoms with Crippen molar-refractivity contribution in [2.45, 2.75) is 13.0 Å². The zero-order valence-electron chi connectivity index (χ0n) is 15.1. The van der Waals surface area contributed by atoms with Gasteiger partial charge in [0.25, 0.3) is 11.8 Å². The van der Waals surface area contributed by atoms with Crippen LogP contribution in [0.25, 0.3) is 0 Å². The number of nitrogens with one attached hydrogen (secondary N) is 2. The van der Waals surface area contributed by atoms with Crippen molar-refractivity contribution in [3.63, 3.8) is 0 Å². The maximum Gasteiger partial charge on any atom is 0.270 e. The van der Waals surface area contributed by atoms with Crippen molar-refractivity contribution in [3.05, 3.63) is 94.5 Å². The molecule has 0 fully saturated rings. The van der Waals surface area contributed by atoms with E-state index in [-0.39, 0.29) is 17.5 Å². The molecule has 0 saturated heterocycles. The summed E-state index contributed by atoms with van der Waals surface area (Å²) in [7, 11) is 0. The summed E-state index contributed by atoms with van der Waals surface area (Å²) in [5, 5.41) is 6.29. The summed E-state index contributed by atoms with van der Waals surface area (Å²) in [5.74, 6) is -0.599. The molecule has 7 heteroatoms. The summed E-state index contributed by atoms with van der Waals surface area (Å²) in [6.45, 7) is 0.824. The van der Waals surface area contributed by atoms with Crippen molar-refractivity contribution in [3.8, 4) is 0 Å². The number of rotatable bonds is 7. The summed E-state index contributed by atoms with van der Waals surface area (Å²) in [5.41, 5.74) is 2.55. The number of hydrogen-bond donors (Lipinski definition) is 2. The second-order valence-electron chi connectivity index (χ2n) is 6.10. The van der Waals surface area contributed by atoms with Gasteiger partial charge in [0.1, 0.15) is 5.69 Å². The van der Waals surface area contributed by atoms with Crippen LogP contribution in [0.1, 0.15) is 32.0 Å². The maximum atomic E-state index is 12.4. The Labute approximate surface area is 168 Å². The van der Waals surface area contributed by atoms with Crippen molar-refractivity contribution in [2.75, 3.05) is 6.54 Å². The summed E-state index contributed by atoms with van der Waals surface area (Å²) >= 11 is 5.96. The van der Waals surface area contributed by atoms with Gasteiger partial charge >= 0.3 is 0 Å². The Bertz CT molecular complexity index is 963. The van der Waals surface area contributed by atoms with Crippen LogP contribution in [0.15, 0.2) is 67.1 Å². The minimum absolute atomic E-state index is 0.191. The Morgan fingerprint density at radius 2 is 1.71 bits per heavy atom. The molecule has 2 amide bonds. The predicted octanol–water partition coefficient (Wildman–Crippen LogP) is 3.03. The van der Waals surface area contributed by atoms with Crippen LogP contribution in [0.5, 0.6) is 0 Å². The molecule has 0 aliphatic rings. The molecule has 2 heterocycles. The molecular formula is C21H19ClN4O2. The van der Waals surface area contributed by atoms with Gasteiger partial charge in [-0.3, -0.25) is 19.6 Å². The molecule has 0 unspecified atom stereocenters. The Morgan fingerprint density at radius 3 is 2.50 bits per heavy atom. The third-order valence-electron chi connectivity index (χ3n) is 4.05. The van der Waals surface area contributed by atoms with Crippen LogP contribution >= 0.6 is 11.6 Å². The van der Waals surface area contributed by atoms with Crippen LogP contribution in [0, 0.1) is 0 Å². The van der Waals surface area contributed by atoms with Crippen LogP contribution in [0.3, 0.4) is 0 Å². The molecule has 0 aliphatic carbocycles. The molecule has 6 nitrogen and oxygen atoms in total. The highest BCUT2D eigenvalue weighted by atomic mass is 35.5. The lowest BCUT2D eigenvalue weighted by molar-refractivity contribution is 0.0946. The number of carbonyl (C=O) groups is 2. The van der Waals surface area contributed by atoms with E-state index in [9.17, 15) is 9.59 Å². The molecule has 0 spiro atoms. The maximum absolute atomic E-state index is 12.4. The molecule has 28 heavy (non-hydrogen) atoms. The fourth-order valence-corrected chi connectivity index (χ4v) is 2.80. The third kappa shape index (κ3) is 5.62. The lowest BCUT2D eigenvalue weighted by Gasteiger charge is -2.08. The first-order valence-corrected chi connectivity index (χ1v) is 9.15.